The third-order valence-corrected chi connectivity index (χ3v) is 5.10. The van der Waals surface area contributed by atoms with Crippen LogP contribution in [0.25, 0.3) is 10.2 Å². The molecule has 0 atom stereocenters. The molecule has 0 saturated heterocycles. The maximum absolute atomic E-state index is 12.5. The molecule has 0 radical (unpaired) electrons. The fourth-order valence-electron chi connectivity index (χ4n) is 2.74. The molecule has 0 spiro atoms. The van der Waals surface area contributed by atoms with Gasteiger partial charge in [-0.25, -0.2) is 0 Å². The van der Waals surface area contributed by atoms with Crippen LogP contribution in [0.2, 0.25) is 0 Å². The summed E-state index contributed by atoms with van der Waals surface area (Å²) in [6, 6.07) is 16.1. The van der Waals surface area contributed by atoms with Gasteiger partial charge in [-0.1, -0.05) is 23.5 Å². The van der Waals surface area contributed by atoms with Gasteiger partial charge in [0, 0.05) is 30.4 Å². The van der Waals surface area contributed by atoms with Gasteiger partial charge in [-0.2, -0.15) is 4.98 Å². The number of H-pyrrole nitrogens is 1. The molecule has 5 heteroatoms. The lowest BCUT2D eigenvalue weighted by atomic mass is 10.1. The zero-order valence-corrected chi connectivity index (χ0v) is 16.3. The van der Waals surface area contributed by atoms with Crippen LogP contribution in [0, 0.1) is 0 Å². The van der Waals surface area contributed by atoms with Crippen molar-refractivity contribution in [2.45, 2.75) is 20.3 Å². The number of Topliss-reactive ketones (excluding diaryl/α,β-unsaturated/α-hetero) is 1. The number of fused-ring (bicyclic) bond motifs is 1. The third kappa shape index (κ3) is 4.02. The average Bonchev–Trinajstić information content (AvgIpc) is 2.98. The zero-order valence-electron chi connectivity index (χ0n) is 13.9. The van der Waals surface area contributed by atoms with Crippen molar-refractivity contribution >= 4 is 33.0 Å². The van der Waals surface area contributed by atoms with Crippen molar-refractivity contribution in [2.24, 2.45) is 0 Å². The minimum atomic E-state index is 0. The second kappa shape index (κ2) is 8.40. The van der Waals surface area contributed by atoms with Crippen LogP contribution in [0.15, 0.2) is 48.5 Å². The van der Waals surface area contributed by atoms with E-state index in [1.165, 1.54) is 10.4 Å². The Balaban J connectivity index is 0.00000208. The molecule has 0 aliphatic heterocycles. The van der Waals surface area contributed by atoms with E-state index in [0.717, 1.165) is 29.2 Å². The molecule has 0 amide bonds. The summed E-state index contributed by atoms with van der Waals surface area (Å²) in [6.07, 6.45) is 0.421. The van der Waals surface area contributed by atoms with Gasteiger partial charge in [0.05, 0.1) is 0 Å². The van der Waals surface area contributed by atoms with Gasteiger partial charge in [0.15, 0.2) is 5.78 Å². The highest BCUT2D eigenvalue weighted by Crippen LogP contribution is 2.20. The van der Waals surface area contributed by atoms with Crippen LogP contribution in [0.4, 0.5) is 5.69 Å². The van der Waals surface area contributed by atoms with Gasteiger partial charge in [0.25, 0.3) is 0 Å². The maximum Gasteiger partial charge on any atom is 0.244 e. The van der Waals surface area contributed by atoms with Crippen molar-refractivity contribution in [3.8, 4) is 0 Å². The molecule has 24 heavy (non-hydrogen) atoms. The number of anilines is 1. The number of hydrogen-bond acceptors (Lipinski definition) is 3. The summed E-state index contributed by atoms with van der Waals surface area (Å²) < 4.78 is 1.19. The maximum atomic E-state index is 12.5. The lowest BCUT2D eigenvalue weighted by Gasteiger charge is -2.20. The van der Waals surface area contributed by atoms with Crippen molar-refractivity contribution in [3.05, 3.63) is 59.1 Å². The van der Waals surface area contributed by atoms with Gasteiger partial charge in [-0.05, 0) is 44.2 Å². The van der Waals surface area contributed by atoms with E-state index in [2.05, 4.69) is 29.8 Å². The Morgan fingerprint density at radius 2 is 1.71 bits per heavy atom. The summed E-state index contributed by atoms with van der Waals surface area (Å²) >= 11 is 1.65. The first-order valence-electron chi connectivity index (χ1n) is 7.99. The number of nitrogens with zero attached hydrogens (tertiary/aromatic N) is 1. The Bertz CT molecular complexity index is 777. The molecule has 3 rings (SSSR count). The van der Waals surface area contributed by atoms with Gasteiger partial charge in [0.1, 0.15) is 11.1 Å². The van der Waals surface area contributed by atoms with Crippen molar-refractivity contribution in [2.75, 3.05) is 18.0 Å². The summed E-state index contributed by atoms with van der Waals surface area (Å²) in [5.41, 5.74) is 3.03. The van der Waals surface area contributed by atoms with Crippen LogP contribution in [0.5, 0.6) is 0 Å². The quantitative estimate of drug-likeness (QED) is 0.574. The van der Waals surface area contributed by atoms with Crippen LogP contribution in [-0.2, 0) is 6.42 Å². The fourth-order valence-corrected chi connectivity index (χ4v) is 3.75. The number of nitrogens with one attached hydrogen (secondary N) is 1. The summed E-state index contributed by atoms with van der Waals surface area (Å²) in [4.78, 5) is 18.1. The van der Waals surface area contributed by atoms with E-state index >= 15 is 0 Å². The highest BCUT2D eigenvalue weighted by molar-refractivity contribution is 7.18. The first-order chi connectivity index (χ1) is 11.2. The molecular formula is C19H21BrN2OS. The topological polar surface area (TPSA) is 34.5 Å². The van der Waals surface area contributed by atoms with Crippen molar-refractivity contribution in [1.29, 1.82) is 0 Å². The van der Waals surface area contributed by atoms with Crippen molar-refractivity contribution in [1.82, 2.24) is 0 Å². The second-order valence-electron chi connectivity index (χ2n) is 5.47. The van der Waals surface area contributed by atoms with Crippen LogP contribution in [0.3, 0.4) is 0 Å². The number of thiazole rings is 1. The molecule has 0 aliphatic carbocycles. The summed E-state index contributed by atoms with van der Waals surface area (Å²) in [6.45, 7) is 6.22. The SMILES string of the molecule is CCN(CC)c1ccc(C(=O)Cc2[nH+]c3ccccc3s2)cc1.[Br-]. The second-order valence-corrected chi connectivity index (χ2v) is 6.60. The van der Waals surface area contributed by atoms with Gasteiger partial charge in [-0.3, -0.25) is 4.79 Å². The highest BCUT2D eigenvalue weighted by atomic mass is 79.9. The molecule has 1 aromatic heterocycles. The van der Waals surface area contributed by atoms with Crippen molar-refractivity contribution < 1.29 is 26.8 Å². The fraction of sp³-hybridized carbons (Fsp3) is 0.263. The number of hydrogen-bond donors (Lipinski definition) is 0. The predicted molar refractivity (Wildman–Crippen MR) is 96.4 cm³/mol. The molecule has 3 nitrogen and oxygen atoms in total. The van der Waals surface area contributed by atoms with Gasteiger partial charge < -0.3 is 21.9 Å². The van der Waals surface area contributed by atoms with E-state index in [1.807, 2.05) is 42.5 Å². The Morgan fingerprint density at radius 3 is 2.33 bits per heavy atom. The van der Waals surface area contributed by atoms with Crippen LogP contribution >= 0.6 is 11.3 Å². The number of halogens is 1. The summed E-state index contributed by atoms with van der Waals surface area (Å²) in [7, 11) is 0. The summed E-state index contributed by atoms with van der Waals surface area (Å²) in [5.74, 6) is 0.152. The van der Waals surface area contributed by atoms with Crippen LogP contribution in [-0.4, -0.2) is 18.9 Å². The van der Waals surface area contributed by atoms with E-state index in [9.17, 15) is 4.79 Å². The number of carbonyl (C=O) groups is 1. The lowest BCUT2D eigenvalue weighted by Crippen LogP contribution is -3.00. The number of carbonyl (C=O) groups excluding carboxylic acids is 1. The summed E-state index contributed by atoms with van der Waals surface area (Å²) in [5, 5.41) is 1.00. The highest BCUT2D eigenvalue weighted by Gasteiger charge is 2.16. The molecule has 0 saturated carbocycles. The minimum absolute atomic E-state index is 0. The Labute approximate surface area is 157 Å². The number of ketones is 1. The largest absolute Gasteiger partial charge is 1.00 e. The number of aromatic nitrogens is 1. The smallest absolute Gasteiger partial charge is 0.244 e. The molecule has 1 heterocycles. The number of para-hydroxylation sites is 1. The predicted octanol–water partition coefficient (Wildman–Crippen LogP) is 0.991. The molecule has 0 unspecified atom stereocenters. The molecule has 2 aromatic carbocycles. The number of aromatic amines is 1. The first kappa shape index (κ1) is 18.6. The Hall–Kier alpha value is -1.72. The molecule has 126 valence electrons. The molecule has 0 aliphatic rings. The monoisotopic (exact) mass is 404 g/mol. The average molecular weight is 405 g/mol. The third-order valence-electron chi connectivity index (χ3n) is 4.03. The van der Waals surface area contributed by atoms with E-state index < -0.39 is 0 Å². The molecular weight excluding hydrogens is 384 g/mol. The molecule has 0 bridgehead atoms. The van der Waals surface area contributed by atoms with E-state index in [0.29, 0.717) is 6.42 Å². The van der Waals surface area contributed by atoms with Crippen molar-refractivity contribution in [3.63, 3.8) is 0 Å². The van der Waals surface area contributed by atoms with Crippen LogP contribution in [0.1, 0.15) is 29.2 Å². The number of rotatable bonds is 6. The zero-order chi connectivity index (χ0) is 16.2. The Morgan fingerprint density at radius 1 is 1.04 bits per heavy atom. The molecule has 3 aromatic rings. The van der Waals surface area contributed by atoms with Gasteiger partial charge in [0.2, 0.25) is 10.5 Å². The van der Waals surface area contributed by atoms with E-state index in [4.69, 9.17) is 0 Å². The first-order valence-corrected chi connectivity index (χ1v) is 8.80. The van der Waals surface area contributed by atoms with Gasteiger partial charge >= 0.3 is 0 Å². The normalized spacial score (nSPS) is 10.4. The van der Waals surface area contributed by atoms with Gasteiger partial charge in [-0.15, -0.1) is 0 Å². The van der Waals surface area contributed by atoms with E-state index in [1.54, 1.807) is 11.3 Å². The molecule has 1 N–H and O–H groups in total. The standard InChI is InChI=1S/C19H20N2OS.BrH/c1-3-21(4-2)15-11-9-14(10-12-15)17(22)13-19-20-16-7-5-6-8-18(16)23-19;/h5-12H,3-4,13H2,1-2H3;1H. The lowest BCUT2D eigenvalue weighted by molar-refractivity contribution is -0.349. The molecule has 0 fully saturated rings. The van der Waals surface area contributed by atoms with E-state index in [-0.39, 0.29) is 22.8 Å². The Kier molecular flexibility index (Phi) is 6.52. The minimum Gasteiger partial charge on any atom is -1.00 e. The number of benzene rings is 2. The van der Waals surface area contributed by atoms with Crippen LogP contribution < -0.4 is 26.9 Å².